The third-order valence-corrected chi connectivity index (χ3v) is 5.03. The van der Waals surface area contributed by atoms with E-state index in [2.05, 4.69) is 25.4 Å². The standard InChI is InChI=1S/C15H21N5O2S.ClH/c1-16-14(21)12-6-5-11(22-12)9-23-15-19-18-13(20(15)2)10-4-3-7-17-8-10;/h5-6,10,17H,3-4,7-9H2,1-2H3,(H,16,21);1H. The van der Waals surface area contributed by atoms with Gasteiger partial charge in [0.05, 0.1) is 5.75 Å². The molecule has 1 aliphatic heterocycles. The molecule has 0 saturated carbocycles. The van der Waals surface area contributed by atoms with Gasteiger partial charge in [0.2, 0.25) is 0 Å². The van der Waals surface area contributed by atoms with Crippen LogP contribution in [0, 0.1) is 0 Å². The number of nitrogens with zero attached hydrogens (tertiary/aromatic N) is 3. The SMILES string of the molecule is CNC(=O)c1ccc(CSc2nnc(C3CCCNC3)n2C)o1.Cl. The number of furan rings is 1. The van der Waals surface area contributed by atoms with Gasteiger partial charge in [-0.1, -0.05) is 11.8 Å². The summed E-state index contributed by atoms with van der Waals surface area (Å²) < 4.78 is 7.58. The highest BCUT2D eigenvalue weighted by Crippen LogP contribution is 2.27. The molecule has 0 aliphatic carbocycles. The number of hydrogen-bond acceptors (Lipinski definition) is 6. The summed E-state index contributed by atoms with van der Waals surface area (Å²) in [6.07, 6.45) is 2.33. The molecule has 0 radical (unpaired) electrons. The Morgan fingerprint density at radius 3 is 3.04 bits per heavy atom. The maximum Gasteiger partial charge on any atom is 0.286 e. The van der Waals surface area contributed by atoms with Gasteiger partial charge in [-0.25, -0.2) is 0 Å². The summed E-state index contributed by atoms with van der Waals surface area (Å²) >= 11 is 1.56. The van der Waals surface area contributed by atoms with Gasteiger partial charge in [0, 0.05) is 26.6 Å². The van der Waals surface area contributed by atoms with Gasteiger partial charge in [0.15, 0.2) is 10.9 Å². The van der Waals surface area contributed by atoms with E-state index in [0.29, 0.717) is 17.4 Å². The Morgan fingerprint density at radius 2 is 2.33 bits per heavy atom. The average Bonchev–Trinajstić information content (AvgIpc) is 3.20. The number of carbonyl (C=O) groups excluding carboxylic acids is 1. The molecule has 1 fully saturated rings. The first kappa shape index (κ1) is 18.8. The Balaban J connectivity index is 0.00000208. The predicted molar refractivity (Wildman–Crippen MR) is 94.8 cm³/mol. The number of rotatable bonds is 5. The van der Waals surface area contributed by atoms with E-state index in [0.717, 1.165) is 36.3 Å². The smallest absolute Gasteiger partial charge is 0.286 e. The molecule has 1 saturated heterocycles. The summed E-state index contributed by atoms with van der Waals surface area (Å²) in [7, 11) is 3.59. The second kappa shape index (κ2) is 8.55. The van der Waals surface area contributed by atoms with E-state index in [4.69, 9.17) is 4.42 Å². The van der Waals surface area contributed by atoms with Gasteiger partial charge in [0.25, 0.3) is 5.91 Å². The van der Waals surface area contributed by atoms with Crippen LogP contribution >= 0.6 is 24.2 Å². The van der Waals surface area contributed by atoms with Gasteiger partial charge >= 0.3 is 0 Å². The third-order valence-electron chi connectivity index (χ3n) is 3.99. The first-order chi connectivity index (χ1) is 11.2. The molecule has 1 unspecified atom stereocenters. The third kappa shape index (κ3) is 4.12. The van der Waals surface area contributed by atoms with Crippen LogP contribution in [-0.4, -0.2) is 40.8 Å². The Morgan fingerprint density at radius 1 is 1.50 bits per heavy atom. The van der Waals surface area contributed by atoms with Crippen molar-refractivity contribution in [3.8, 4) is 0 Å². The number of piperidine rings is 1. The zero-order chi connectivity index (χ0) is 16.2. The molecular weight excluding hydrogens is 350 g/mol. The van der Waals surface area contributed by atoms with Crippen LogP contribution in [-0.2, 0) is 12.8 Å². The summed E-state index contributed by atoms with van der Waals surface area (Å²) in [4.78, 5) is 11.5. The van der Waals surface area contributed by atoms with Crippen molar-refractivity contribution in [2.75, 3.05) is 20.1 Å². The van der Waals surface area contributed by atoms with Crippen LogP contribution in [0.1, 0.15) is 40.9 Å². The molecule has 0 spiro atoms. The summed E-state index contributed by atoms with van der Waals surface area (Å²) in [5, 5.41) is 15.5. The van der Waals surface area contributed by atoms with Crippen LogP contribution in [0.3, 0.4) is 0 Å². The lowest BCUT2D eigenvalue weighted by atomic mass is 9.99. The minimum Gasteiger partial charge on any atom is -0.455 e. The Kier molecular flexibility index (Phi) is 6.70. The summed E-state index contributed by atoms with van der Waals surface area (Å²) in [6, 6.07) is 3.50. The molecule has 1 atom stereocenters. The molecule has 2 N–H and O–H groups in total. The second-order valence-electron chi connectivity index (χ2n) is 5.58. The van der Waals surface area contributed by atoms with Crippen LogP contribution in [0.25, 0.3) is 0 Å². The van der Waals surface area contributed by atoms with Crippen molar-refractivity contribution < 1.29 is 9.21 Å². The van der Waals surface area contributed by atoms with E-state index < -0.39 is 0 Å². The maximum atomic E-state index is 11.5. The largest absolute Gasteiger partial charge is 0.455 e. The lowest BCUT2D eigenvalue weighted by Crippen LogP contribution is -2.29. The topological polar surface area (TPSA) is 85.0 Å². The molecule has 3 rings (SSSR count). The second-order valence-corrected chi connectivity index (χ2v) is 6.52. The van der Waals surface area contributed by atoms with E-state index in [1.165, 1.54) is 6.42 Å². The predicted octanol–water partition coefficient (Wildman–Crippen LogP) is 1.95. The zero-order valence-corrected chi connectivity index (χ0v) is 15.4. The van der Waals surface area contributed by atoms with E-state index in [-0.39, 0.29) is 18.3 Å². The average molecular weight is 372 g/mol. The van der Waals surface area contributed by atoms with Crippen molar-refractivity contribution >= 4 is 30.1 Å². The molecule has 2 aromatic heterocycles. The molecule has 0 bridgehead atoms. The maximum absolute atomic E-state index is 11.5. The lowest BCUT2D eigenvalue weighted by Gasteiger charge is -2.21. The minimum absolute atomic E-state index is 0. The van der Waals surface area contributed by atoms with E-state index in [9.17, 15) is 4.79 Å². The monoisotopic (exact) mass is 371 g/mol. The number of carbonyl (C=O) groups is 1. The van der Waals surface area contributed by atoms with E-state index in [1.807, 2.05) is 13.1 Å². The van der Waals surface area contributed by atoms with Gasteiger partial charge in [0.1, 0.15) is 11.6 Å². The Hall–Kier alpha value is -1.51. The first-order valence-corrected chi connectivity index (χ1v) is 8.71. The number of thioether (sulfide) groups is 1. The fourth-order valence-corrected chi connectivity index (χ4v) is 3.53. The van der Waals surface area contributed by atoms with Gasteiger partial charge in [-0.2, -0.15) is 0 Å². The highest BCUT2D eigenvalue weighted by Gasteiger charge is 2.22. The molecule has 7 nitrogen and oxygen atoms in total. The number of halogens is 1. The summed E-state index contributed by atoms with van der Waals surface area (Å²) in [5.41, 5.74) is 0. The molecule has 1 amide bonds. The Bertz CT molecular complexity index is 681. The van der Waals surface area contributed by atoms with Crippen LogP contribution in [0.4, 0.5) is 0 Å². The van der Waals surface area contributed by atoms with Crippen LogP contribution in [0.15, 0.2) is 21.7 Å². The zero-order valence-electron chi connectivity index (χ0n) is 13.7. The highest BCUT2D eigenvalue weighted by atomic mass is 35.5. The molecule has 3 heterocycles. The van der Waals surface area contributed by atoms with Gasteiger partial charge in [-0.3, -0.25) is 4.79 Å². The molecule has 132 valence electrons. The van der Waals surface area contributed by atoms with Crippen LogP contribution in [0.5, 0.6) is 0 Å². The summed E-state index contributed by atoms with van der Waals surface area (Å²) in [6.45, 7) is 2.05. The fourth-order valence-electron chi connectivity index (χ4n) is 2.72. The van der Waals surface area contributed by atoms with Crippen molar-refractivity contribution in [1.82, 2.24) is 25.4 Å². The van der Waals surface area contributed by atoms with Crippen molar-refractivity contribution in [2.24, 2.45) is 7.05 Å². The fraction of sp³-hybridized carbons (Fsp3) is 0.533. The summed E-state index contributed by atoms with van der Waals surface area (Å²) in [5.74, 6) is 2.94. The lowest BCUT2D eigenvalue weighted by molar-refractivity contribution is 0.0934. The number of hydrogen-bond donors (Lipinski definition) is 2. The first-order valence-electron chi connectivity index (χ1n) is 7.72. The molecule has 1 aliphatic rings. The van der Waals surface area contributed by atoms with Crippen LogP contribution < -0.4 is 10.6 Å². The molecular formula is C15H22ClN5O2S. The van der Waals surface area contributed by atoms with Crippen molar-refractivity contribution in [2.45, 2.75) is 29.7 Å². The molecule has 9 heteroatoms. The molecule has 24 heavy (non-hydrogen) atoms. The van der Waals surface area contributed by atoms with Gasteiger partial charge < -0.3 is 19.6 Å². The van der Waals surface area contributed by atoms with Gasteiger partial charge in [-0.15, -0.1) is 22.6 Å². The van der Waals surface area contributed by atoms with E-state index in [1.54, 1.807) is 24.9 Å². The molecule has 0 aromatic carbocycles. The van der Waals surface area contributed by atoms with Crippen molar-refractivity contribution in [1.29, 1.82) is 0 Å². The van der Waals surface area contributed by atoms with Crippen molar-refractivity contribution in [3.63, 3.8) is 0 Å². The molecule has 2 aromatic rings. The van der Waals surface area contributed by atoms with Crippen LogP contribution in [0.2, 0.25) is 0 Å². The van der Waals surface area contributed by atoms with E-state index >= 15 is 0 Å². The Labute approximate surface area is 151 Å². The van der Waals surface area contributed by atoms with Crippen molar-refractivity contribution in [3.05, 3.63) is 29.5 Å². The number of nitrogens with one attached hydrogen (secondary N) is 2. The van der Waals surface area contributed by atoms with Gasteiger partial charge in [-0.05, 0) is 31.5 Å². The minimum atomic E-state index is -0.216. The highest BCUT2D eigenvalue weighted by molar-refractivity contribution is 7.98. The quantitative estimate of drug-likeness (QED) is 0.781. The normalized spacial score (nSPS) is 17.3. The number of aromatic nitrogens is 3. The number of amides is 1.